The summed E-state index contributed by atoms with van der Waals surface area (Å²) in [6.45, 7) is 4.38. The van der Waals surface area contributed by atoms with Crippen LogP contribution in [-0.4, -0.2) is 28.4 Å². The number of rotatable bonds is 4. The minimum atomic E-state index is -0.122. The fraction of sp³-hybridized carbons (Fsp3) is 0.250. The second-order valence-corrected chi connectivity index (χ2v) is 5.40. The Hall–Kier alpha value is -3.11. The zero-order chi connectivity index (χ0) is 17.4. The average molecular weight is 317 g/mol. The van der Waals surface area contributed by atoms with Gasteiger partial charge in [0.1, 0.15) is 11.8 Å². The number of hydrogen-bond donors (Lipinski definition) is 0. The van der Waals surface area contributed by atoms with E-state index in [1.807, 2.05) is 50.2 Å². The summed E-state index contributed by atoms with van der Waals surface area (Å²) in [7, 11) is 0. The Bertz CT molecular complexity index is 780. The highest BCUT2D eigenvalue weighted by atomic mass is 16.2. The molecule has 0 unspecified atom stereocenters. The van der Waals surface area contributed by atoms with Gasteiger partial charge in [-0.3, -0.25) is 4.79 Å². The summed E-state index contributed by atoms with van der Waals surface area (Å²) >= 11 is 0. The van der Waals surface area contributed by atoms with E-state index in [2.05, 4.69) is 16.8 Å². The Balaban J connectivity index is 2.17. The fourth-order valence-electron chi connectivity index (χ4n) is 2.15. The standard InChI is InChI=1S/C20H19N3O/c1-3-16(2)23(13-7-10-17-8-5-4-6-9-17)20(24)18-11-12-19(14-21)22-15-18/h4-6,8-9,11-12,15-16H,3,13H2,1-2H3/t16-/m1/s1. The molecule has 2 rings (SSSR count). The SMILES string of the molecule is CC[C@@H](C)N(CC#Cc1ccccc1)C(=O)c1ccc(C#N)nc1. The molecule has 0 fully saturated rings. The van der Waals surface area contributed by atoms with E-state index in [1.54, 1.807) is 17.0 Å². The molecule has 0 saturated heterocycles. The van der Waals surface area contributed by atoms with Crippen LogP contribution < -0.4 is 0 Å². The van der Waals surface area contributed by atoms with Gasteiger partial charge in [0.05, 0.1) is 12.1 Å². The van der Waals surface area contributed by atoms with Crippen LogP contribution in [0.3, 0.4) is 0 Å². The third-order valence-corrected chi connectivity index (χ3v) is 3.76. The number of hydrogen-bond acceptors (Lipinski definition) is 3. The maximum atomic E-state index is 12.7. The largest absolute Gasteiger partial charge is 0.325 e. The van der Waals surface area contributed by atoms with Crippen LogP contribution in [0.15, 0.2) is 48.7 Å². The smallest absolute Gasteiger partial charge is 0.256 e. The number of pyridine rings is 1. The molecule has 0 aliphatic heterocycles. The molecule has 0 radical (unpaired) electrons. The Labute approximate surface area is 142 Å². The molecule has 4 nitrogen and oxygen atoms in total. The predicted octanol–water partition coefficient (Wildman–Crippen LogP) is 3.25. The number of carbonyl (C=O) groups is 1. The van der Waals surface area contributed by atoms with E-state index in [4.69, 9.17) is 5.26 Å². The maximum Gasteiger partial charge on any atom is 0.256 e. The van der Waals surface area contributed by atoms with Crippen molar-refractivity contribution < 1.29 is 4.79 Å². The van der Waals surface area contributed by atoms with Gasteiger partial charge in [0.15, 0.2) is 0 Å². The first kappa shape index (κ1) is 17.2. The first-order chi connectivity index (χ1) is 11.7. The highest BCUT2D eigenvalue weighted by molar-refractivity contribution is 5.94. The molecular formula is C20H19N3O. The maximum absolute atomic E-state index is 12.7. The van der Waals surface area contributed by atoms with E-state index in [0.717, 1.165) is 12.0 Å². The third kappa shape index (κ3) is 4.44. The lowest BCUT2D eigenvalue weighted by Crippen LogP contribution is -2.38. The second-order valence-electron chi connectivity index (χ2n) is 5.40. The van der Waals surface area contributed by atoms with Crippen LogP contribution in [0.5, 0.6) is 0 Å². The molecule has 24 heavy (non-hydrogen) atoms. The van der Waals surface area contributed by atoms with Crippen LogP contribution in [0.4, 0.5) is 0 Å². The van der Waals surface area contributed by atoms with E-state index in [9.17, 15) is 4.79 Å². The van der Waals surface area contributed by atoms with Crippen LogP contribution >= 0.6 is 0 Å². The van der Waals surface area contributed by atoms with Crippen molar-refractivity contribution in [2.45, 2.75) is 26.3 Å². The van der Waals surface area contributed by atoms with Gasteiger partial charge in [-0.2, -0.15) is 5.26 Å². The van der Waals surface area contributed by atoms with E-state index < -0.39 is 0 Å². The Morgan fingerprint density at radius 2 is 2.00 bits per heavy atom. The Kier molecular flexibility index (Phi) is 6.11. The van der Waals surface area contributed by atoms with Gasteiger partial charge in [-0.15, -0.1) is 0 Å². The zero-order valence-corrected chi connectivity index (χ0v) is 13.9. The van der Waals surface area contributed by atoms with Gasteiger partial charge in [0.2, 0.25) is 0 Å². The summed E-state index contributed by atoms with van der Waals surface area (Å²) in [6.07, 6.45) is 2.28. The minimum Gasteiger partial charge on any atom is -0.325 e. The molecule has 2 aromatic rings. The van der Waals surface area contributed by atoms with Crippen molar-refractivity contribution in [3.63, 3.8) is 0 Å². The number of benzene rings is 1. The molecule has 1 heterocycles. The Morgan fingerprint density at radius 3 is 2.58 bits per heavy atom. The number of nitriles is 1. The third-order valence-electron chi connectivity index (χ3n) is 3.76. The lowest BCUT2D eigenvalue weighted by Gasteiger charge is -2.26. The molecule has 0 spiro atoms. The van der Waals surface area contributed by atoms with Crippen molar-refractivity contribution in [2.75, 3.05) is 6.54 Å². The van der Waals surface area contributed by atoms with E-state index in [-0.39, 0.29) is 11.9 Å². The number of aromatic nitrogens is 1. The van der Waals surface area contributed by atoms with Gasteiger partial charge in [-0.1, -0.05) is 37.0 Å². The molecule has 1 amide bonds. The highest BCUT2D eigenvalue weighted by Crippen LogP contribution is 2.10. The lowest BCUT2D eigenvalue weighted by atomic mass is 10.1. The van der Waals surface area contributed by atoms with E-state index in [0.29, 0.717) is 17.8 Å². The monoisotopic (exact) mass is 317 g/mol. The Morgan fingerprint density at radius 1 is 1.25 bits per heavy atom. The van der Waals surface area contributed by atoms with E-state index in [1.165, 1.54) is 6.20 Å². The second kappa shape index (κ2) is 8.50. The van der Waals surface area contributed by atoms with Gasteiger partial charge in [0, 0.05) is 17.8 Å². The van der Waals surface area contributed by atoms with Gasteiger partial charge in [-0.25, -0.2) is 4.98 Å². The fourth-order valence-corrected chi connectivity index (χ4v) is 2.15. The summed E-state index contributed by atoms with van der Waals surface area (Å²) in [5.74, 6) is 6.03. The number of carbonyl (C=O) groups excluding carboxylic acids is 1. The molecular weight excluding hydrogens is 298 g/mol. The van der Waals surface area contributed by atoms with Crippen LogP contribution in [0.25, 0.3) is 0 Å². The molecule has 0 aliphatic rings. The first-order valence-electron chi connectivity index (χ1n) is 7.86. The quantitative estimate of drug-likeness (QED) is 0.813. The summed E-state index contributed by atoms with van der Waals surface area (Å²) in [4.78, 5) is 18.4. The van der Waals surface area contributed by atoms with Gasteiger partial charge >= 0.3 is 0 Å². The first-order valence-corrected chi connectivity index (χ1v) is 7.86. The molecule has 1 aromatic heterocycles. The van der Waals surface area contributed by atoms with Crippen LogP contribution in [0.2, 0.25) is 0 Å². The summed E-state index contributed by atoms with van der Waals surface area (Å²) in [5.41, 5.74) is 1.69. The zero-order valence-electron chi connectivity index (χ0n) is 13.9. The predicted molar refractivity (Wildman–Crippen MR) is 93.1 cm³/mol. The van der Waals surface area contributed by atoms with Crippen molar-refractivity contribution >= 4 is 5.91 Å². The highest BCUT2D eigenvalue weighted by Gasteiger charge is 2.19. The summed E-state index contributed by atoms with van der Waals surface area (Å²) in [5, 5.41) is 8.80. The normalized spacial score (nSPS) is 10.9. The van der Waals surface area contributed by atoms with Gasteiger partial charge in [-0.05, 0) is 37.6 Å². The molecule has 1 atom stereocenters. The molecule has 120 valence electrons. The topological polar surface area (TPSA) is 57.0 Å². The molecule has 0 aliphatic carbocycles. The van der Waals surface area contributed by atoms with Gasteiger partial charge in [0.25, 0.3) is 5.91 Å². The average Bonchev–Trinajstić information content (AvgIpc) is 2.65. The van der Waals surface area contributed by atoms with Crippen molar-refractivity contribution in [1.82, 2.24) is 9.88 Å². The summed E-state index contributed by atoms with van der Waals surface area (Å²) in [6, 6.07) is 14.9. The van der Waals surface area contributed by atoms with Crippen LogP contribution in [-0.2, 0) is 0 Å². The van der Waals surface area contributed by atoms with Crippen molar-refractivity contribution in [3.8, 4) is 17.9 Å². The number of nitrogens with zero attached hydrogens (tertiary/aromatic N) is 3. The van der Waals surface area contributed by atoms with E-state index >= 15 is 0 Å². The molecule has 1 aromatic carbocycles. The van der Waals surface area contributed by atoms with Crippen LogP contribution in [0.1, 0.15) is 41.9 Å². The molecule has 0 bridgehead atoms. The van der Waals surface area contributed by atoms with Crippen LogP contribution in [0, 0.1) is 23.2 Å². The van der Waals surface area contributed by atoms with Crippen molar-refractivity contribution in [1.29, 1.82) is 5.26 Å². The summed E-state index contributed by atoms with van der Waals surface area (Å²) < 4.78 is 0. The number of amides is 1. The minimum absolute atomic E-state index is 0.0678. The molecule has 0 N–H and O–H groups in total. The van der Waals surface area contributed by atoms with Gasteiger partial charge < -0.3 is 4.90 Å². The van der Waals surface area contributed by atoms with Crippen molar-refractivity contribution in [3.05, 3.63) is 65.5 Å². The molecule has 0 saturated carbocycles. The lowest BCUT2D eigenvalue weighted by molar-refractivity contribution is 0.0716. The van der Waals surface area contributed by atoms with Crippen molar-refractivity contribution in [2.24, 2.45) is 0 Å². The molecule has 4 heteroatoms.